The van der Waals surface area contributed by atoms with E-state index in [0.717, 1.165) is 25.1 Å². The van der Waals surface area contributed by atoms with E-state index >= 15 is 0 Å². The van der Waals surface area contributed by atoms with Gasteiger partial charge in [-0.2, -0.15) is 0 Å². The van der Waals surface area contributed by atoms with Crippen LogP contribution in [0.2, 0.25) is 0 Å². The number of likely N-dealkylation sites (N-methyl/N-ethyl adjacent to an activating group) is 1. The van der Waals surface area contributed by atoms with Crippen LogP contribution in [-0.4, -0.2) is 44.5 Å². The molecule has 0 amide bonds. The summed E-state index contributed by atoms with van der Waals surface area (Å²) in [6.45, 7) is 1.04. The van der Waals surface area contributed by atoms with Gasteiger partial charge < -0.3 is 14.4 Å². The highest BCUT2D eigenvalue weighted by molar-refractivity contribution is 5.95. The zero-order chi connectivity index (χ0) is 16.2. The van der Waals surface area contributed by atoms with Crippen LogP contribution >= 0.6 is 0 Å². The first kappa shape index (κ1) is 14.8. The largest absolute Gasteiger partial charge is 0.497 e. The van der Waals surface area contributed by atoms with Gasteiger partial charge >= 0.3 is 0 Å². The van der Waals surface area contributed by atoms with Gasteiger partial charge in [0.15, 0.2) is 11.5 Å². The van der Waals surface area contributed by atoms with E-state index in [1.54, 1.807) is 14.2 Å². The summed E-state index contributed by atoms with van der Waals surface area (Å²) in [6, 6.07) is 6.82. The summed E-state index contributed by atoms with van der Waals surface area (Å²) in [6.07, 6.45) is 4.71. The number of likely N-dealkylation sites (tertiary alicyclic amines) is 1. The number of carbonyl (C=O) groups excluding carboxylic acids is 1. The second-order valence-corrected chi connectivity index (χ2v) is 7.01. The lowest BCUT2D eigenvalue weighted by molar-refractivity contribution is -0.122. The van der Waals surface area contributed by atoms with Gasteiger partial charge in [0, 0.05) is 17.9 Å². The molecule has 0 saturated carbocycles. The van der Waals surface area contributed by atoms with Crippen LogP contribution in [0.1, 0.15) is 24.0 Å². The number of carbonyl (C=O) groups is 1. The Morgan fingerprint density at radius 1 is 1.22 bits per heavy atom. The minimum atomic E-state index is -0.0987. The fourth-order valence-corrected chi connectivity index (χ4v) is 4.88. The fraction of sp³-hybridized carbons (Fsp3) is 0.526. The first-order valence-electron chi connectivity index (χ1n) is 8.27. The van der Waals surface area contributed by atoms with Crippen LogP contribution in [0.3, 0.4) is 0 Å². The number of Topliss-reactive ketones (excluding diaryl/α,β-unsaturated/α-hetero) is 1. The topological polar surface area (TPSA) is 38.8 Å². The number of ketones is 1. The Morgan fingerprint density at radius 2 is 2.04 bits per heavy atom. The van der Waals surface area contributed by atoms with Crippen molar-refractivity contribution in [1.82, 2.24) is 4.90 Å². The van der Waals surface area contributed by atoms with Crippen molar-refractivity contribution < 1.29 is 14.3 Å². The van der Waals surface area contributed by atoms with Gasteiger partial charge in [-0.1, -0.05) is 6.07 Å². The maximum Gasteiger partial charge on any atom is 0.197 e. The van der Waals surface area contributed by atoms with Gasteiger partial charge in [0.2, 0.25) is 0 Å². The SMILES string of the molecule is COC1=CC23CCN(C)C(Cc4ccc(OC)cc42)C3CC1=O. The Bertz CT molecular complexity index is 696. The Balaban J connectivity index is 1.95. The Hall–Kier alpha value is -1.81. The number of hydrogen-bond donors (Lipinski definition) is 0. The van der Waals surface area contributed by atoms with Crippen LogP contribution in [0.25, 0.3) is 0 Å². The molecule has 122 valence electrons. The summed E-state index contributed by atoms with van der Waals surface area (Å²) in [5.41, 5.74) is 2.60. The van der Waals surface area contributed by atoms with Crippen LogP contribution in [0.5, 0.6) is 5.75 Å². The number of fused-ring (bicyclic) bond motifs is 1. The van der Waals surface area contributed by atoms with Gasteiger partial charge in [0.1, 0.15) is 5.75 Å². The van der Waals surface area contributed by atoms with Crippen molar-refractivity contribution in [2.75, 3.05) is 27.8 Å². The zero-order valence-electron chi connectivity index (χ0n) is 14.0. The molecule has 2 bridgehead atoms. The molecule has 1 aliphatic heterocycles. The highest BCUT2D eigenvalue weighted by atomic mass is 16.5. The highest BCUT2D eigenvalue weighted by Crippen LogP contribution is 2.54. The van der Waals surface area contributed by atoms with Gasteiger partial charge in [-0.15, -0.1) is 0 Å². The number of piperidine rings is 1. The van der Waals surface area contributed by atoms with Crippen LogP contribution in [0, 0.1) is 5.92 Å². The smallest absolute Gasteiger partial charge is 0.197 e. The lowest BCUT2D eigenvalue weighted by atomic mass is 9.54. The molecule has 4 rings (SSSR count). The van der Waals surface area contributed by atoms with Crippen molar-refractivity contribution in [2.24, 2.45) is 5.92 Å². The average molecular weight is 313 g/mol. The minimum Gasteiger partial charge on any atom is -0.497 e. The molecule has 0 radical (unpaired) electrons. The maximum atomic E-state index is 12.4. The first-order chi connectivity index (χ1) is 11.1. The first-order valence-corrected chi connectivity index (χ1v) is 8.27. The van der Waals surface area contributed by atoms with Gasteiger partial charge in [-0.05, 0) is 61.7 Å². The van der Waals surface area contributed by atoms with Crippen LogP contribution < -0.4 is 4.74 Å². The normalized spacial score (nSPS) is 32.7. The van der Waals surface area contributed by atoms with Crippen LogP contribution in [0.4, 0.5) is 0 Å². The lowest BCUT2D eigenvalue weighted by Gasteiger charge is -2.56. The van der Waals surface area contributed by atoms with Gasteiger partial charge in [-0.25, -0.2) is 0 Å². The average Bonchev–Trinajstić information content (AvgIpc) is 2.57. The third-order valence-electron chi connectivity index (χ3n) is 6.11. The van der Waals surface area contributed by atoms with Gasteiger partial charge in [0.25, 0.3) is 0 Å². The third kappa shape index (κ3) is 1.97. The number of rotatable bonds is 2. The molecule has 1 aromatic carbocycles. The number of allylic oxidation sites excluding steroid dienone is 2. The molecule has 0 N–H and O–H groups in total. The van der Waals surface area contributed by atoms with Gasteiger partial charge in [-0.3, -0.25) is 4.79 Å². The van der Waals surface area contributed by atoms with Crippen LogP contribution in [0.15, 0.2) is 30.0 Å². The van der Waals surface area contributed by atoms with E-state index in [1.165, 1.54) is 11.1 Å². The summed E-state index contributed by atoms with van der Waals surface area (Å²) < 4.78 is 10.9. The number of nitrogens with zero attached hydrogens (tertiary/aromatic N) is 1. The lowest BCUT2D eigenvalue weighted by Crippen LogP contribution is -2.60. The monoisotopic (exact) mass is 313 g/mol. The molecule has 4 heteroatoms. The maximum absolute atomic E-state index is 12.4. The Labute approximate surface area is 137 Å². The molecule has 3 aliphatic rings. The predicted octanol–water partition coefficient (Wildman–Crippen LogP) is 2.31. The molecule has 4 nitrogen and oxygen atoms in total. The van der Waals surface area contributed by atoms with Crippen molar-refractivity contribution in [1.29, 1.82) is 0 Å². The molecule has 0 spiro atoms. The summed E-state index contributed by atoms with van der Waals surface area (Å²) in [4.78, 5) is 14.8. The number of benzene rings is 1. The highest BCUT2D eigenvalue weighted by Gasteiger charge is 2.54. The number of hydrogen-bond acceptors (Lipinski definition) is 4. The van der Waals surface area contributed by atoms with Crippen molar-refractivity contribution in [3.8, 4) is 5.75 Å². The standard InChI is InChI=1S/C19H23NO3/c1-20-7-6-19-11-18(23-3)17(21)10-15(19)16(20)8-12-4-5-13(22-2)9-14(12)19/h4-5,9,11,15-16H,6-8,10H2,1-3H3. The van der Waals surface area contributed by atoms with E-state index in [4.69, 9.17) is 9.47 Å². The minimum absolute atomic E-state index is 0.0987. The second-order valence-electron chi connectivity index (χ2n) is 7.01. The fourth-order valence-electron chi connectivity index (χ4n) is 4.88. The van der Waals surface area contributed by atoms with E-state index in [9.17, 15) is 4.79 Å². The third-order valence-corrected chi connectivity index (χ3v) is 6.11. The molecule has 3 atom stereocenters. The molecular weight excluding hydrogens is 290 g/mol. The Morgan fingerprint density at radius 3 is 2.78 bits per heavy atom. The molecule has 3 unspecified atom stereocenters. The quantitative estimate of drug-likeness (QED) is 0.840. The number of methoxy groups -OCH3 is 2. The van der Waals surface area contributed by atoms with Crippen molar-refractivity contribution in [2.45, 2.75) is 30.7 Å². The van der Waals surface area contributed by atoms with E-state index in [1.807, 2.05) is 6.07 Å². The van der Waals surface area contributed by atoms with E-state index in [2.05, 4.69) is 30.2 Å². The molecule has 0 aromatic heterocycles. The van der Waals surface area contributed by atoms with Crippen LogP contribution in [-0.2, 0) is 21.4 Å². The number of ether oxygens (including phenoxy) is 2. The van der Waals surface area contributed by atoms with Crippen molar-refractivity contribution in [3.05, 3.63) is 41.2 Å². The predicted molar refractivity (Wildman–Crippen MR) is 87.6 cm³/mol. The molecule has 2 aliphatic carbocycles. The molecule has 23 heavy (non-hydrogen) atoms. The second kappa shape index (κ2) is 5.10. The summed E-state index contributed by atoms with van der Waals surface area (Å²) in [7, 11) is 5.49. The zero-order valence-corrected chi connectivity index (χ0v) is 14.0. The summed E-state index contributed by atoms with van der Waals surface area (Å²) in [5.74, 6) is 1.88. The van der Waals surface area contributed by atoms with Crippen molar-refractivity contribution >= 4 is 5.78 Å². The Kier molecular flexibility index (Phi) is 3.27. The van der Waals surface area contributed by atoms with E-state index < -0.39 is 0 Å². The van der Waals surface area contributed by atoms with Crippen molar-refractivity contribution in [3.63, 3.8) is 0 Å². The summed E-state index contributed by atoms with van der Waals surface area (Å²) >= 11 is 0. The molecule has 1 fully saturated rings. The van der Waals surface area contributed by atoms with E-state index in [0.29, 0.717) is 24.1 Å². The molecule has 1 heterocycles. The molecule has 1 saturated heterocycles. The van der Waals surface area contributed by atoms with Gasteiger partial charge in [0.05, 0.1) is 14.2 Å². The summed E-state index contributed by atoms with van der Waals surface area (Å²) in [5, 5.41) is 0. The molecule has 1 aromatic rings. The van der Waals surface area contributed by atoms with E-state index in [-0.39, 0.29) is 11.2 Å². The molecular formula is C19H23NO3.